The smallest absolute Gasteiger partial charge is 0.253 e. The van der Waals surface area contributed by atoms with Gasteiger partial charge >= 0.3 is 0 Å². The summed E-state index contributed by atoms with van der Waals surface area (Å²) < 4.78 is 0. The van der Waals surface area contributed by atoms with Crippen LogP contribution in [0.4, 0.5) is 5.69 Å². The maximum Gasteiger partial charge on any atom is 0.253 e. The Bertz CT molecular complexity index is 647. The van der Waals surface area contributed by atoms with Crippen molar-refractivity contribution in [1.82, 2.24) is 15.3 Å². The van der Waals surface area contributed by atoms with Crippen LogP contribution in [-0.2, 0) is 0 Å². The minimum absolute atomic E-state index is 0.125. The summed E-state index contributed by atoms with van der Waals surface area (Å²) in [5, 5.41) is 11.9. The molecule has 0 aliphatic heterocycles. The molecular weight excluding hydrogens is 292 g/mol. The molecule has 0 aromatic carbocycles. The van der Waals surface area contributed by atoms with Crippen molar-refractivity contribution < 1.29 is 9.90 Å². The number of nitrogens with one attached hydrogen (secondary N) is 1. The lowest BCUT2D eigenvalue weighted by Gasteiger charge is -2.12. The Morgan fingerprint density at radius 1 is 1.57 bits per heavy atom. The Hall–Kier alpha value is -2.18. The molecular formula is C14H15ClN4O2. The molecule has 0 unspecified atom stereocenters. The van der Waals surface area contributed by atoms with Gasteiger partial charge in [-0.15, -0.1) is 0 Å². The zero-order valence-electron chi connectivity index (χ0n) is 11.4. The van der Waals surface area contributed by atoms with Crippen molar-refractivity contribution in [2.24, 2.45) is 0 Å². The van der Waals surface area contributed by atoms with Crippen LogP contribution in [-0.4, -0.2) is 33.6 Å². The van der Waals surface area contributed by atoms with Crippen molar-refractivity contribution in [3.05, 3.63) is 41.3 Å². The third kappa shape index (κ3) is 3.68. The molecule has 0 radical (unpaired) electrons. The van der Waals surface area contributed by atoms with Crippen molar-refractivity contribution >= 4 is 23.2 Å². The Kier molecular flexibility index (Phi) is 4.72. The van der Waals surface area contributed by atoms with E-state index in [1.807, 2.05) is 0 Å². The van der Waals surface area contributed by atoms with Gasteiger partial charge in [0, 0.05) is 24.5 Å². The van der Waals surface area contributed by atoms with Crippen LogP contribution in [0.25, 0.3) is 11.3 Å². The van der Waals surface area contributed by atoms with Gasteiger partial charge in [0.15, 0.2) is 0 Å². The zero-order chi connectivity index (χ0) is 15.4. The average Bonchev–Trinajstić information content (AvgIpc) is 2.47. The molecule has 0 bridgehead atoms. The standard InChI is InChI=1S/C14H15ClN4O2/c1-8(20)6-18-14(21)10-5-11(15)19-13(12(10)16)9-3-2-4-17-7-9/h2-5,7-8,20H,6,16H2,1H3,(H,18,21)/t8-/m0/s1. The zero-order valence-corrected chi connectivity index (χ0v) is 12.1. The first kappa shape index (κ1) is 15.2. The Morgan fingerprint density at radius 3 is 2.95 bits per heavy atom. The van der Waals surface area contributed by atoms with Crippen LogP contribution in [0.3, 0.4) is 0 Å². The number of aromatic nitrogens is 2. The quantitative estimate of drug-likeness (QED) is 0.743. The maximum absolute atomic E-state index is 12.1. The van der Waals surface area contributed by atoms with Crippen LogP contribution >= 0.6 is 11.6 Å². The molecule has 0 fully saturated rings. The van der Waals surface area contributed by atoms with Crippen molar-refractivity contribution in [1.29, 1.82) is 0 Å². The van der Waals surface area contributed by atoms with Crippen molar-refractivity contribution in [2.45, 2.75) is 13.0 Å². The fraction of sp³-hybridized carbons (Fsp3) is 0.214. The van der Waals surface area contributed by atoms with E-state index < -0.39 is 12.0 Å². The molecule has 2 aromatic heterocycles. The SMILES string of the molecule is C[C@H](O)CNC(=O)c1cc(Cl)nc(-c2cccnc2)c1N. The lowest BCUT2D eigenvalue weighted by Crippen LogP contribution is -2.31. The molecule has 110 valence electrons. The first-order valence-electron chi connectivity index (χ1n) is 6.31. The van der Waals surface area contributed by atoms with Crippen LogP contribution in [0, 0.1) is 0 Å². The minimum atomic E-state index is -0.648. The number of carbonyl (C=O) groups is 1. The molecule has 21 heavy (non-hydrogen) atoms. The predicted molar refractivity (Wildman–Crippen MR) is 80.9 cm³/mol. The molecule has 0 aliphatic rings. The van der Waals surface area contributed by atoms with E-state index in [1.54, 1.807) is 31.5 Å². The highest BCUT2D eigenvalue weighted by Gasteiger charge is 2.17. The lowest BCUT2D eigenvalue weighted by atomic mass is 10.1. The number of aliphatic hydroxyl groups is 1. The molecule has 0 saturated heterocycles. The lowest BCUT2D eigenvalue weighted by molar-refractivity contribution is 0.0925. The van der Waals surface area contributed by atoms with Gasteiger partial charge in [0.1, 0.15) is 5.15 Å². The van der Waals surface area contributed by atoms with Crippen LogP contribution < -0.4 is 11.1 Å². The van der Waals surface area contributed by atoms with Gasteiger partial charge in [-0.3, -0.25) is 9.78 Å². The van der Waals surface area contributed by atoms with E-state index in [9.17, 15) is 9.90 Å². The number of carbonyl (C=O) groups excluding carboxylic acids is 1. The third-order valence-corrected chi connectivity index (χ3v) is 2.96. The van der Waals surface area contributed by atoms with E-state index in [-0.39, 0.29) is 22.9 Å². The van der Waals surface area contributed by atoms with Gasteiger partial charge in [0.05, 0.1) is 23.0 Å². The van der Waals surface area contributed by atoms with Crippen LogP contribution in [0.5, 0.6) is 0 Å². The van der Waals surface area contributed by atoms with Gasteiger partial charge in [-0.1, -0.05) is 11.6 Å². The number of halogens is 1. The molecule has 6 nitrogen and oxygen atoms in total. The molecule has 0 saturated carbocycles. The molecule has 0 aliphatic carbocycles. The van der Waals surface area contributed by atoms with E-state index in [0.29, 0.717) is 11.3 Å². The summed E-state index contributed by atoms with van der Waals surface area (Å²) in [5.74, 6) is -0.414. The molecule has 2 aromatic rings. The second-order valence-corrected chi connectivity index (χ2v) is 4.94. The van der Waals surface area contributed by atoms with Crippen LogP contribution in [0.15, 0.2) is 30.6 Å². The van der Waals surface area contributed by atoms with Crippen LogP contribution in [0.2, 0.25) is 5.15 Å². The molecule has 1 amide bonds. The van der Waals surface area contributed by atoms with Crippen molar-refractivity contribution in [2.75, 3.05) is 12.3 Å². The van der Waals surface area contributed by atoms with Gasteiger partial charge in [-0.05, 0) is 25.1 Å². The summed E-state index contributed by atoms with van der Waals surface area (Å²) >= 11 is 5.96. The maximum atomic E-state index is 12.1. The molecule has 4 N–H and O–H groups in total. The largest absolute Gasteiger partial charge is 0.396 e. The Labute approximate surface area is 127 Å². The molecule has 1 atom stereocenters. The fourth-order valence-corrected chi connectivity index (χ4v) is 1.96. The average molecular weight is 307 g/mol. The monoisotopic (exact) mass is 306 g/mol. The van der Waals surface area contributed by atoms with Crippen LogP contribution in [0.1, 0.15) is 17.3 Å². The highest BCUT2D eigenvalue weighted by atomic mass is 35.5. The second kappa shape index (κ2) is 6.51. The summed E-state index contributed by atoms with van der Waals surface area (Å²) in [7, 11) is 0. The summed E-state index contributed by atoms with van der Waals surface area (Å²) in [5.41, 5.74) is 7.52. The minimum Gasteiger partial charge on any atom is -0.396 e. The van der Waals surface area contributed by atoms with Gasteiger partial charge in [-0.2, -0.15) is 0 Å². The normalized spacial score (nSPS) is 12.0. The first-order chi connectivity index (χ1) is 9.99. The van der Waals surface area contributed by atoms with Gasteiger partial charge < -0.3 is 16.2 Å². The number of aliphatic hydroxyl groups excluding tert-OH is 1. The highest BCUT2D eigenvalue weighted by molar-refractivity contribution is 6.30. The predicted octanol–water partition coefficient (Wildman–Crippen LogP) is 1.49. The molecule has 2 heterocycles. The second-order valence-electron chi connectivity index (χ2n) is 4.56. The number of nitrogens with two attached hydrogens (primary N) is 1. The fourth-order valence-electron chi connectivity index (χ4n) is 1.77. The van der Waals surface area contributed by atoms with E-state index in [2.05, 4.69) is 15.3 Å². The van der Waals surface area contributed by atoms with E-state index in [4.69, 9.17) is 17.3 Å². The number of rotatable bonds is 4. The topological polar surface area (TPSA) is 101 Å². The van der Waals surface area contributed by atoms with Gasteiger partial charge in [-0.25, -0.2) is 4.98 Å². The van der Waals surface area contributed by atoms with Crippen molar-refractivity contribution in [3.8, 4) is 11.3 Å². The third-order valence-electron chi connectivity index (χ3n) is 2.76. The summed E-state index contributed by atoms with van der Waals surface area (Å²) in [4.78, 5) is 20.2. The Balaban J connectivity index is 2.40. The number of nitrogen functional groups attached to an aromatic ring is 1. The number of anilines is 1. The number of nitrogens with zero attached hydrogens (tertiary/aromatic N) is 2. The van der Waals surface area contributed by atoms with Crippen molar-refractivity contribution in [3.63, 3.8) is 0 Å². The first-order valence-corrected chi connectivity index (χ1v) is 6.69. The Morgan fingerprint density at radius 2 is 2.33 bits per heavy atom. The number of hydrogen-bond acceptors (Lipinski definition) is 5. The summed E-state index contributed by atoms with van der Waals surface area (Å²) in [6.07, 6.45) is 2.57. The molecule has 0 spiro atoms. The molecule has 7 heteroatoms. The highest BCUT2D eigenvalue weighted by Crippen LogP contribution is 2.28. The summed E-state index contributed by atoms with van der Waals surface area (Å²) in [6.45, 7) is 1.70. The number of pyridine rings is 2. The molecule has 2 rings (SSSR count). The van der Waals surface area contributed by atoms with Gasteiger partial charge in [0.25, 0.3) is 5.91 Å². The van der Waals surface area contributed by atoms with Gasteiger partial charge in [0.2, 0.25) is 0 Å². The van der Waals surface area contributed by atoms with E-state index >= 15 is 0 Å². The number of amides is 1. The summed E-state index contributed by atoms with van der Waals surface area (Å²) in [6, 6.07) is 4.91. The number of hydrogen-bond donors (Lipinski definition) is 3. The van der Waals surface area contributed by atoms with E-state index in [1.165, 1.54) is 6.07 Å². The van der Waals surface area contributed by atoms with E-state index in [0.717, 1.165) is 0 Å².